The smallest absolute Gasteiger partial charge is 0.295 e. The van der Waals surface area contributed by atoms with Gasteiger partial charge >= 0.3 is 0 Å². The third-order valence-corrected chi connectivity index (χ3v) is 6.12. The first-order chi connectivity index (χ1) is 15.5. The maximum Gasteiger partial charge on any atom is 0.295 e. The van der Waals surface area contributed by atoms with Crippen molar-refractivity contribution >= 4 is 34.7 Å². The van der Waals surface area contributed by atoms with Gasteiger partial charge in [-0.1, -0.05) is 58.2 Å². The molecule has 7 nitrogen and oxygen atoms in total. The zero-order chi connectivity index (χ0) is 22.2. The Morgan fingerprint density at radius 2 is 1.97 bits per heavy atom. The van der Waals surface area contributed by atoms with E-state index < -0.39 is 11.4 Å². The number of aromatic nitrogens is 4. The number of carbonyl (C=O) groups is 1. The van der Waals surface area contributed by atoms with E-state index in [0.717, 1.165) is 22.4 Å². The highest BCUT2D eigenvalue weighted by Gasteiger charge is 2.43. The second-order valence-electron chi connectivity index (χ2n) is 7.54. The molecule has 1 aliphatic heterocycles. The molecule has 0 saturated heterocycles. The van der Waals surface area contributed by atoms with Gasteiger partial charge in [-0.3, -0.25) is 9.78 Å². The molecule has 0 saturated carbocycles. The van der Waals surface area contributed by atoms with Crippen molar-refractivity contribution in [2.45, 2.75) is 24.9 Å². The number of Topliss-reactive ketones (excluding diaryl/α,β-unsaturated/α-hetero) is 1. The number of hydrogen-bond donors (Lipinski definition) is 0. The highest BCUT2D eigenvalue weighted by Crippen LogP contribution is 2.45. The maximum absolute atomic E-state index is 13.5. The maximum atomic E-state index is 13.5. The molecule has 0 spiro atoms. The Bertz CT molecular complexity index is 1280. The van der Waals surface area contributed by atoms with Crippen molar-refractivity contribution in [3.05, 3.63) is 88.7 Å². The van der Waals surface area contributed by atoms with Gasteiger partial charge in [-0.25, -0.2) is 4.98 Å². The van der Waals surface area contributed by atoms with Crippen molar-refractivity contribution < 1.29 is 9.32 Å². The van der Waals surface area contributed by atoms with E-state index in [4.69, 9.17) is 27.7 Å². The molecule has 1 aliphatic rings. The number of ketones is 1. The van der Waals surface area contributed by atoms with E-state index in [1.165, 1.54) is 12.4 Å². The molecule has 0 radical (unpaired) electrons. The van der Waals surface area contributed by atoms with Crippen LogP contribution >= 0.6 is 23.2 Å². The van der Waals surface area contributed by atoms with Crippen molar-refractivity contribution in [1.29, 1.82) is 0 Å². The van der Waals surface area contributed by atoms with Crippen LogP contribution in [0.15, 0.2) is 65.6 Å². The third kappa shape index (κ3) is 3.74. The van der Waals surface area contributed by atoms with Crippen LogP contribution in [0.3, 0.4) is 0 Å². The molecule has 160 valence electrons. The van der Waals surface area contributed by atoms with Gasteiger partial charge in [-0.05, 0) is 36.2 Å². The zero-order valence-corrected chi connectivity index (χ0v) is 18.5. The van der Waals surface area contributed by atoms with Crippen LogP contribution in [0.4, 0.5) is 5.69 Å². The standard InChI is InChI=1S/C23H17Cl2N5O2/c1-13-2-7-18-16(10-13)19(21(25)30(18)12-14-3-5-15(24)6-4-14)20(31)23-28-22(29-32-23)17-11-26-8-9-27-17/h2-11,19,21H,12H2,1H3. The average Bonchev–Trinajstić information content (AvgIpc) is 3.39. The topological polar surface area (TPSA) is 85.0 Å². The van der Waals surface area contributed by atoms with Gasteiger partial charge in [-0.15, -0.1) is 0 Å². The van der Waals surface area contributed by atoms with Gasteiger partial charge in [0.25, 0.3) is 5.89 Å². The van der Waals surface area contributed by atoms with Gasteiger partial charge in [0.2, 0.25) is 11.6 Å². The minimum Gasteiger partial charge on any atom is -0.350 e. The van der Waals surface area contributed by atoms with E-state index in [1.807, 2.05) is 54.3 Å². The van der Waals surface area contributed by atoms with Crippen molar-refractivity contribution in [2.75, 3.05) is 4.90 Å². The molecular weight excluding hydrogens is 449 g/mol. The Balaban J connectivity index is 1.48. The first-order valence-electron chi connectivity index (χ1n) is 9.91. The number of aryl methyl sites for hydroxylation is 1. The second kappa shape index (κ2) is 8.33. The molecule has 2 aromatic heterocycles. The Labute approximate surface area is 194 Å². The molecule has 5 rings (SSSR count). The fourth-order valence-corrected chi connectivity index (χ4v) is 4.40. The zero-order valence-electron chi connectivity index (χ0n) is 16.9. The lowest BCUT2D eigenvalue weighted by Crippen LogP contribution is -2.32. The van der Waals surface area contributed by atoms with Gasteiger partial charge in [0.15, 0.2) is 0 Å². The van der Waals surface area contributed by atoms with Gasteiger partial charge < -0.3 is 9.42 Å². The summed E-state index contributed by atoms with van der Waals surface area (Å²) in [6.07, 6.45) is 4.57. The van der Waals surface area contributed by atoms with E-state index >= 15 is 0 Å². The van der Waals surface area contributed by atoms with Crippen LogP contribution in [0.25, 0.3) is 11.5 Å². The summed E-state index contributed by atoms with van der Waals surface area (Å²) in [6, 6.07) is 13.5. The molecule has 3 heterocycles. The van der Waals surface area contributed by atoms with Crippen LogP contribution in [0.5, 0.6) is 0 Å². The van der Waals surface area contributed by atoms with Crippen LogP contribution < -0.4 is 4.90 Å². The summed E-state index contributed by atoms with van der Waals surface area (Å²) in [5.41, 5.74) is 3.60. The van der Waals surface area contributed by atoms with Crippen LogP contribution in [-0.4, -0.2) is 31.4 Å². The van der Waals surface area contributed by atoms with Crippen LogP contribution in [0, 0.1) is 6.92 Å². The fraction of sp³-hybridized carbons (Fsp3) is 0.174. The van der Waals surface area contributed by atoms with Gasteiger partial charge in [0, 0.05) is 29.6 Å². The lowest BCUT2D eigenvalue weighted by molar-refractivity contribution is 0.0917. The van der Waals surface area contributed by atoms with E-state index in [2.05, 4.69) is 20.1 Å². The highest BCUT2D eigenvalue weighted by atomic mass is 35.5. The molecule has 2 atom stereocenters. The quantitative estimate of drug-likeness (QED) is 0.231. The number of hydrogen-bond acceptors (Lipinski definition) is 7. The minimum absolute atomic E-state index is 0.109. The van der Waals surface area contributed by atoms with Crippen LogP contribution in [0.2, 0.25) is 5.02 Å². The fourth-order valence-electron chi connectivity index (χ4n) is 3.85. The highest BCUT2D eigenvalue weighted by molar-refractivity contribution is 6.30. The molecule has 4 aromatic rings. The number of alkyl halides is 1. The molecule has 9 heteroatoms. The van der Waals surface area contributed by atoms with Crippen LogP contribution in [0.1, 0.15) is 33.3 Å². The van der Waals surface area contributed by atoms with Crippen molar-refractivity contribution in [3.8, 4) is 11.5 Å². The molecule has 32 heavy (non-hydrogen) atoms. The van der Waals surface area contributed by atoms with Crippen LogP contribution in [-0.2, 0) is 6.54 Å². The molecule has 2 unspecified atom stereocenters. The largest absolute Gasteiger partial charge is 0.350 e. The molecular formula is C23H17Cl2N5O2. The number of carbonyl (C=O) groups excluding carboxylic acids is 1. The first-order valence-corrected chi connectivity index (χ1v) is 10.7. The average molecular weight is 466 g/mol. The van der Waals surface area contributed by atoms with Crippen molar-refractivity contribution in [2.24, 2.45) is 0 Å². The molecule has 0 bridgehead atoms. The molecule has 0 amide bonds. The Kier molecular flexibility index (Phi) is 5.36. The summed E-state index contributed by atoms with van der Waals surface area (Å²) < 4.78 is 5.28. The monoisotopic (exact) mass is 465 g/mol. The lowest BCUT2D eigenvalue weighted by Gasteiger charge is -2.25. The Morgan fingerprint density at radius 1 is 1.16 bits per heavy atom. The summed E-state index contributed by atoms with van der Waals surface area (Å²) in [4.78, 5) is 27.9. The lowest BCUT2D eigenvalue weighted by atomic mass is 9.95. The van der Waals surface area contributed by atoms with Gasteiger partial charge in [-0.2, -0.15) is 4.98 Å². The van der Waals surface area contributed by atoms with E-state index in [9.17, 15) is 4.79 Å². The number of benzene rings is 2. The predicted octanol–water partition coefficient (Wildman–Crippen LogP) is 5.04. The summed E-state index contributed by atoms with van der Waals surface area (Å²) in [5, 5.41) is 4.56. The van der Waals surface area contributed by atoms with Gasteiger partial charge in [0.1, 0.15) is 11.2 Å². The van der Waals surface area contributed by atoms with E-state index in [1.54, 1.807) is 6.20 Å². The van der Waals surface area contributed by atoms with E-state index in [-0.39, 0.29) is 17.5 Å². The first kappa shape index (κ1) is 20.6. The molecule has 0 N–H and O–H groups in total. The van der Waals surface area contributed by atoms with Gasteiger partial charge in [0.05, 0.1) is 12.1 Å². The molecule has 0 fully saturated rings. The number of nitrogens with zero attached hydrogens (tertiary/aromatic N) is 5. The third-order valence-electron chi connectivity index (χ3n) is 5.38. The number of anilines is 1. The van der Waals surface area contributed by atoms with Crippen molar-refractivity contribution in [3.63, 3.8) is 0 Å². The summed E-state index contributed by atoms with van der Waals surface area (Å²) >= 11 is 12.9. The van der Waals surface area contributed by atoms with Crippen molar-refractivity contribution in [1.82, 2.24) is 20.1 Å². The predicted molar refractivity (Wildman–Crippen MR) is 121 cm³/mol. The number of rotatable bonds is 5. The number of fused-ring (bicyclic) bond motifs is 1. The minimum atomic E-state index is -0.658. The molecule has 0 aliphatic carbocycles. The Morgan fingerprint density at radius 3 is 2.72 bits per heavy atom. The SMILES string of the molecule is Cc1ccc2c(c1)C(C(=O)c1nc(-c3cnccn3)no1)C(Cl)N2Cc1ccc(Cl)cc1. The molecule has 2 aromatic carbocycles. The van der Waals surface area contributed by atoms with E-state index in [0.29, 0.717) is 17.3 Å². The Hall–Kier alpha value is -3.29. The summed E-state index contributed by atoms with van der Waals surface area (Å²) in [6.45, 7) is 2.51. The number of halogens is 2. The summed E-state index contributed by atoms with van der Waals surface area (Å²) in [5.74, 6) is -0.901. The second-order valence-corrected chi connectivity index (χ2v) is 8.43. The normalized spacial score (nSPS) is 17.4. The summed E-state index contributed by atoms with van der Waals surface area (Å²) in [7, 11) is 0.